The quantitative estimate of drug-likeness (QED) is 0.767. The summed E-state index contributed by atoms with van der Waals surface area (Å²) in [5.74, 6) is 0.399. The molecule has 1 aliphatic heterocycles. The van der Waals surface area contributed by atoms with E-state index in [1.807, 2.05) is 16.9 Å². The number of hydrogen-bond donors (Lipinski definition) is 1. The molecule has 3 heterocycles. The van der Waals surface area contributed by atoms with Crippen molar-refractivity contribution in [3.63, 3.8) is 0 Å². The van der Waals surface area contributed by atoms with Crippen LogP contribution in [0, 0.1) is 5.82 Å². The standard InChI is InChI=1S/C17H18FN5O2/c18-13-5-1-2-6-15(13)24-11-16-20-17(25-22-16)14-7-9-23(21-14)12-4-3-8-19-10-12/h1-2,5-7,9,12,19H,3-4,8,10-11H2. The van der Waals surface area contributed by atoms with E-state index in [4.69, 9.17) is 9.26 Å². The summed E-state index contributed by atoms with van der Waals surface area (Å²) in [5, 5.41) is 11.8. The molecule has 3 aromatic rings. The van der Waals surface area contributed by atoms with Crippen LogP contribution >= 0.6 is 0 Å². The van der Waals surface area contributed by atoms with E-state index < -0.39 is 5.82 Å². The van der Waals surface area contributed by atoms with Crippen molar-refractivity contribution in [1.82, 2.24) is 25.2 Å². The highest BCUT2D eigenvalue weighted by molar-refractivity contribution is 5.44. The van der Waals surface area contributed by atoms with E-state index in [0.29, 0.717) is 23.5 Å². The smallest absolute Gasteiger partial charge is 0.278 e. The number of aromatic nitrogens is 4. The van der Waals surface area contributed by atoms with Crippen LogP contribution in [0.5, 0.6) is 5.75 Å². The summed E-state index contributed by atoms with van der Waals surface area (Å²) in [5.41, 5.74) is 0.621. The zero-order chi connectivity index (χ0) is 17.1. The second-order valence-corrected chi connectivity index (χ2v) is 5.92. The predicted octanol–water partition coefficient (Wildman–Crippen LogP) is 2.58. The fourth-order valence-electron chi connectivity index (χ4n) is 2.84. The van der Waals surface area contributed by atoms with Gasteiger partial charge in [0.05, 0.1) is 6.04 Å². The Bertz CT molecular complexity index is 841. The van der Waals surface area contributed by atoms with Crippen LogP contribution in [-0.4, -0.2) is 33.0 Å². The number of hydrogen-bond acceptors (Lipinski definition) is 6. The molecule has 0 radical (unpaired) electrons. The van der Waals surface area contributed by atoms with Gasteiger partial charge < -0.3 is 14.6 Å². The first-order chi connectivity index (χ1) is 12.3. The molecule has 0 bridgehead atoms. The molecule has 130 valence electrons. The summed E-state index contributed by atoms with van der Waals surface area (Å²) in [6.45, 7) is 1.99. The van der Waals surface area contributed by atoms with Gasteiger partial charge in [0.15, 0.2) is 23.9 Å². The molecule has 8 heteroatoms. The Labute approximate surface area is 143 Å². The summed E-state index contributed by atoms with van der Waals surface area (Å²) >= 11 is 0. The van der Waals surface area contributed by atoms with Gasteiger partial charge in [-0.25, -0.2) is 4.39 Å². The summed E-state index contributed by atoms with van der Waals surface area (Å²) in [7, 11) is 0. The van der Waals surface area contributed by atoms with Crippen LogP contribution in [0.3, 0.4) is 0 Å². The van der Waals surface area contributed by atoms with Gasteiger partial charge >= 0.3 is 0 Å². The van der Waals surface area contributed by atoms with E-state index in [1.165, 1.54) is 6.07 Å². The highest BCUT2D eigenvalue weighted by Gasteiger charge is 2.18. The van der Waals surface area contributed by atoms with Crippen LogP contribution < -0.4 is 10.1 Å². The van der Waals surface area contributed by atoms with Gasteiger partial charge in [-0.05, 0) is 37.6 Å². The molecule has 1 aromatic carbocycles. The molecule has 2 aromatic heterocycles. The molecular formula is C17H18FN5O2. The Balaban J connectivity index is 1.42. The third-order valence-electron chi connectivity index (χ3n) is 4.13. The van der Waals surface area contributed by atoms with E-state index in [0.717, 1.165) is 25.9 Å². The Hall–Kier alpha value is -2.74. The highest BCUT2D eigenvalue weighted by Crippen LogP contribution is 2.21. The van der Waals surface area contributed by atoms with E-state index in [-0.39, 0.29) is 12.4 Å². The summed E-state index contributed by atoms with van der Waals surface area (Å²) in [6, 6.07) is 8.39. The normalized spacial score (nSPS) is 17.6. The lowest BCUT2D eigenvalue weighted by molar-refractivity contribution is 0.274. The van der Waals surface area contributed by atoms with Gasteiger partial charge in [-0.1, -0.05) is 17.3 Å². The van der Waals surface area contributed by atoms with Crippen LogP contribution in [0.2, 0.25) is 0 Å². The van der Waals surface area contributed by atoms with Crippen LogP contribution in [0.15, 0.2) is 41.1 Å². The van der Waals surface area contributed by atoms with E-state index >= 15 is 0 Å². The number of para-hydroxylation sites is 1. The van der Waals surface area contributed by atoms with Crippen molar-refractivity contribution in [2.24, 2.45) is 0 Å². The lowest BCUT2D eigenvalue weighted by Gasteiger charge is -2.22. The van der Waals surface area contributed by atoms with Gasteiger partial charge in [0.2, 0.25) is 5.82 Å². The van der Waals surface area contributed by atoms with Crippen molar-refractivity contribution in [2.75, 3.05) is 13.1 Å². The lowest BCUT2D eigenvalue weighted by atomic mass is 10.1. The minimum Gasteiger partial charge on any atom is -0.482 e. The van der Waals surface area contributed by atoms with Crippen LogP contribution in [0.25, 0.3) is 11.6 Å². The maximum Gasteiger partial charge on any atom is 0.278 e. The van der Waals surface area contributed by atoms with Gasteiger partial charge in [0, 0.05) is 12.7 Å². The van der Waals surface area contributed by atoms with Gasteiger partial charge in [0.1, 0.15) is 0 Å². The third kappa shape index (κ3) is 3.53. The lowest BCUT2D eigenvalue weighted by Crippen LogP contribution is -2.31. The minimum atomic E-state index is -0.425. The summed E-state index contributed by atoms with van der Waals surface area (Å²) < 4.78 is 26.1. The molecule has 0 saturated carbocycles. The summed E-state index contributed by atoms with van der Waals surface area (Å²) in [4.78, 5) is 4.27. The van der Waals surface area contributed by atoms with Crippen molar-refractivity contribution < 1.29 is 13.7 Å². The number of piperidine rings is 1. The van der Waals surface area contributed by atoms with E-state index in [1.54, 1.807) is 18.2 Å². The zero-order valence-electron chi connectivity index (χ0n) is 13.6. The largest absolute Gasteiger partial charge is 0.482 e. The number of benzene rings is 1. The molecule has 1 saturated heterocycles. The molecule has 1 fully saturated rings. The van der Waals surface area contributed by atoms with E-state index in [2.05, 4.69) is 20.6 Å². The Morgan fingerprint density at radius 2 is 2.24 bits per heavy atom. The predicted molar refractivity (Wildman–Crippen MR) is 87.4 cm³/mol. The third-order valence-corrected chi connectivity index (χ3v) is 4.13. The monoisotopic (exact) mass is 343 g/mol. The molecule has 0 amide bonds. The second-order valence-electron chi connectivity index (χ2n) is 5.92. The zero-order valence-corrected chi connectivity index (χ0v) is 13.6. The Morgan fingerprint density at radius 3 is 3.08 bits per heavy atom. The minimum absolute atomic E-state index is 0.0255. The Morgan fingerprint density at radius 1 is 1.32 bits per heavy atom. The molecule has 1 aliphatic rings. The molecular weight excluding hydrogens is 325 g/mol. The van der Waals surface area contributed by atoms with Gasteiger partial charge in [-0.15, -0.1) is 0 Å². The number of ether oxygens (including phenoxy) is 1. The maximum absolute atomic E-state index is 13.5. The van der Waals surface area contributed by atoms with Crippen LogP contribution in [-0.2, 0) is 6.61 Å². The molecule has 0 aliphatic carbocycles. The molecule has 1 N–H and O–H groups in total. The van der Waals surface area contributed by atoms with Crippen molar-refractivity contribution in [1.29, 1.82) is 0 Å². The number of rotatable bonds is 5. The fraction of sp³-hybridized carbons (Fsp3) is 0.353. The van der Waals surface area contributed by atoms with Crippen molar-refractivity contribution in [3.05, 3.63) is 48.2 Å². The highest BCUT2D eigenvalue weighted by atomic mass is 19.1. The van der Waals surface area contributed by atoms with Crippen LogP contribution in [0.4, 0.5) is 4.39 Å². The topological polar surface area (TPSA) is 78.0 Å². The first-order valence-corrected chi connectivity index (χ1v) is 8.26. The SMILES string of the molecule is Fc1ccccc1OCc1noc(-c2ccn(C3CCCNC3)n2)n1. The average Bonchev–Trinajstić information content (AvgIpc) is 3.31. The molecule has 1 atom stereocenters. The van der Waals surface area contributed by atoms with Gasteiger partial charge in [0.25, 0.3) is 5.89 Å². The van der Waals surface area contributed by atoms with Crippen LogP contribution in [0.1, 0.15) is 24.7 Å². The molecule has 7 nitrogen and oxygen atoms in total. The number of nitrogens with zero attached hydrogens (tertiary/aromatic N) is 4. The van der Waals surface area contributed by atoms with Crippen molar-refractivity contribution in [3.8, 4) is 17.3 Å². The molecule has 25 heavy (non-hydrogen) atoms. The van der Waals surface area contributed by atoms with Gasteiger partial charge in [-0.3, -0.25) is 4.68 Å². The summed E-state index contributed by atoms with van der Waals surface area (Å²) in [6.07, 6.45) is 4.16. The Kier molecular flexibility index (Phi) is 4.43. The first-order valence-electron chi connectivity index (χ1n) is 8.26. The van der Waals surface area contributed by atoms with Crippen molar-refractivity contribution >= 4 is 0 Å². The molecule has 0 spiro atoms. The molecule has 1 unspecified atom stereocenters. The number of halogens is 1. The maximum atomic E-state index is 13.5. The van der Waals surface area contributed by atoms with E-state index in [9.17, 15) is 4.39 Å². The average molecular weight is 343 g/mol. The van der Waals surface area contributed by atoms with Crippen molar-refractivity contribution in [2.45, 2.75) is 25.5 Å². The fourth-order valence-corrected chi connectivity index (χ4v) is 2.84. The molecule has 4 rings (SSSR count). The van der Waals surface area contributed by atoms with Gasteiger partial charge in [-0.2, -0.15) is 10.1 Å². The number of nitrogens with one attached hydrogen (secondary N) is 1. The first kappa shape index (κ1) is 15.8. The second kappa shape index (κ2) is 7.02.